The topological polar surface area (TPSA) is 43.4 Å². The average molecular weight is 526 g/mol. The van der Waals surface area contributed by atoms with Crippen LogP contribution in [0.15, 0.2) is 0 Å². The van der Waals surface area contributed by atoms with E-state index in [1.807, 2.05) is 0 Å². The standard InChI is InChI=1S/C17H25F4O3S.Pr/c18-15-10-14(7-8-16(15)24-25(22,23)17(19,20)21)13-6-5-11-3-1-2-4-12(11)9-13;/h1,11-16H,2-10H2;/q-1;. The molecule has 0 N–H and O–H groups in total. The molecule has 0 spiro atoms. The van der Waals surface area contributed by atoms with E-state index in [4.69, 9.17) is 0 Å². The zero-order chi connectivity index (χ0) is 18.2. The normalized spacial score (nSPS) is 38.9. The summed E-state index contributed by atoms with van der Waals surface area (Å²) in [4.78, 5) is 0. The van der Waals surface area contributed by atoms with Crippen LogP contribution in [0.25, 0.3) is 0 Å². The van der Waals surface area contributed by atoms with Crippen LogP contribution in [-0.4, -0.2) is 26.2 Å². The SMILES string of the molecule is O=S(=O)(OC1CCC(C2CCC3C[CH-]CCC3C2)CC1F)C(F)(F)F.[Pr]. The fraction of sp³-hybridized carbons (Fsp3) is 0.941. The smallest absolute Gasteiger partial charge is 0.328 e. The van der Waals surface area contributed by atoms with Crippen molar-refractivity contribution in [2.45, 2.75) is 75.6 Å². The zero-order valence-electron chi connectivity index (χ0n) is 14.6. The average Bonchev–Trinajstić information content (AvgIpc) is 2.55. The Morgan fingerprint density at radius 2 is 1.46 bits per heavy atom. The minimum atomic E-state index is -5.73. The Hall–Kier alpha value is 0.994. The fourth-order valence-electron chi connectivity index (χ4n) is 4.99. The van der Waals surface area contributed by atoms with Gasteiger partial charge in [0.05, 0.1) is 0 Å². The minimum absolute atomic E-state index is 0. The molecule has 0 saturated heterocycles. The first-order valence-corrected chi connectivity index (χ1v) is 10.5. The minimum Gasteiger partial charge on any atom is -0.328 e. The molecule has 6 unspecified atom stereocenters. The van der Waals surface area contributed by atoms with Crippen LogP contribution in [0.3, 0.4) is 0 Å². The number of alkyl halides is 4. The molecular formula is C17H25F4O3PrS-. The molecule has 9 heteroatoms. The first-order chi connectivity index (χ1) is 11.7. The van der Waals surface area contributed by atoms with Crippen LogP contribution < -0.4 is 0 Å². The van der Waals surface area contributed by atoms with Crippen molar-refractivity contribution in [1.82, 2.24) is 0 Å². The third-order valence-corrected chi connectivity index (χ3v) is 7.41. The first-order valence-electron chi connectivity index (χ1n) is 9.12. The quantitative estimate of drug-likeness (QED) is 0.230. The van der Waals surface area contributed by atoms with Crippen LogP contribution in [0, 0.1) is 71.4 Å². The number of hydrogen-bond donors (Lipinski definition) is 0. The molecule has 3 aliphatic carbocycles. The summed E-state index contributed by atoms with van der Waals surface area (Å²) in [6, 6.07) is 0. The molecule has 0 bridgehead atoms. The molecule has 26 heavy (non-hydrogen) atoms. The van der Waals surface area contributed by atoms with Crippen LogP contribution in [0.4, 0.5) is 17.6 Å². The predicted molar refractivity (Wildman–Crippen MR) is 84.6 cm³/mol. The van der Waals surface area contributed by atoms with Crippen molar-refractivity contribution in [2.24, 2.45) is 23.7 Å². The van der Waals surface area contributed by atoms with Crippen molar-refractivity contribution in [3.05, 3.63) is 6.42 Å². The van der Waals surface area contributed by atoms with E-state index >= 15 is 0 Å². The molecule has 0 heterocycles. The van der Waals surface area contributed by atoms with Gasteiger partial charge in [0, 0.05) is 41.3 Å². The van der Waals surface area contributed by atoms with E-state index in [0.717, 1.165) is 31.6 Å². The maximum atomic E-state index is 14.3. The van der Waals surface area contributed by atoms with Crippen molar-refractivity contribution < 1.29 is 71.5 Å². The summed E-state index contributed by atoms with van der Waals surface area (Å²) in [6.45, 7) is 0. The summed E-state index contributed by atoms with van der Waals surface area (Å²) in [5.41, 5.74) is -5.50. The second-order valence-corrected chi connectivity index (χ2v) is 9.38. The molecule has 3 nitrogen and oxygen atoms in total. The maximum absolute atomic E-state index is 14.3. The first kappa shape index (κ1) is 23.3. The third kappa shape index (κ3) is 5.32. The molecule has 6 atom stereocenters. The van der Waals surface area contributed by atoms with Crippen LogP contribution in [-0.2, 0) is 14.3 Å². The van der Waals surface area contributed by atoms with Gasteiger partial charge in [0.25, 0.3) is 0 Å². The van der Waals surface area contributed by atoms with Crippen molar-refractivity contribution >= 4 is 10.1 Å². The van der Waals surface area contributed by atoms with Crippen LogP contribution >= 0.6 is 0 Å². The van der Waals surface area contributed by atoms with Gasteiger partial charge in [0.1, 0.15) is 12.3 Å². The Morgan fingerprint density at radius 3 is 2.12 bits per heavy atom. The van der Waals surface area contributed by atoms with E-state index in [9.17, 15) is 26.0 Å². The van der Waals surface area contributed by atoms with Crippen molar-refractivity contribution in [1.29, 1.82) is 0 Å². The molecule has 0 aromatic carbocycles. The molecule has 0 amide bonds. The summed E-state index contributed by atoms with van der Waals surface area (Å²) < 4.78 is 77.9. The molecule has 3 rings (SSSR count). The molecule has 0 aromatic heterocycles. The largest absolute Gasteiger partial charge is 0.523 e. The summed E-state index contributed by atoms with van der Waals surface area (Å²) in [6.07, 6.45) is 6.58. The van der Waals surface area contributed by atoms with Gasteiger partial charge in [-0.3, -0.25) is 4.18 Å². The third-order valence-electron chi connectivity index (χ3n) is 6.35. The van der Waals surface area contributed by atoms with E-state index in [2.05, 4.69) is 10.6 Å². The van der Waals surface area contributed by atoms with E-state index < -0.39 is 27.9 Å². The Morgan fingerprint density at radius 1 is 0.885 bits per heavy atom. The monoisotopic (exact) mass is 526 g/mol. The van der Waals surface area contributed by atoms with E-state index in [-0.39, 0.29) is 60.1 Å². The van der Waals surface area contributed by atoms with Crippen molar-refractivity contribution in [3.63, 3.8) is 0 Å². The van der Waals surface area contributed by atoms with Gasteiger partial charge in [-0.05, 0) is 49.9 Å². The molecule has 0 aromatic rings. The van der Waals surface area contributed by atoms with Crippen molar-refractivity contribution in [2.75, 3.05) is 0 Å². The van der Waals surface area contributed by atoms with Gasteiger partial charge >= 0.3 is 15.6 Å². The maximum Gasteiger partial charge on any atom is 0.523 e. The summed E-state index contributed by atoms with van der Waals surface area (Å²) in [7, 11) is -5.73. The van der Waals surface area contributed by atoms with Crippen LogP contribution in [0.5, 0.6) is 0 Å². The van der Waals surface area contributed by atoms with Gasteiger partial charge in [-0.1, -0.05) is 18.8 Å². The van der Waals surface area contributed by atoms with Crippen LogP contribution in [0.1, 0.15) is 57.8 Å². The summed E-state index contributed by atoms with van der Waals surface area (Å²) in [5.74, 6) is 1.94. The number of halogens is 4. The van der Waals surface area contributed by atoms with E-state index in [1.54, 1.807) is 0 Å². The van der Waals surface area contributed by atoms with Gasteiger partial charge in [0.15, 0.2) is 0 Å². The fourth-order valence-corrected chi connectivity index (χ4v) is 5.64. The van der Waals surface area contributed by atoms with Crippen molar-refractivity contribution in [3.8, 4) is 0 Å². The van der Waals surface area contributed by atoms with Crippen LogP contribution in [0.2, 0.25) is 0 Å². The second kappa shape index (κ2) is 9.21. The number of rotatable bonds is 3. The molecular weight excluding hydrogens is 501 g/mol. The molecule has 3 saturated carbocycles. The summed E-state index contributed by atoms with van der Waals surface area (Å²) >= 11 is 0. The summed E-state index contributed by atoms with van der Waals surface area (Å²) in [5, 5.41) is 0. The molecule has 3 fully saturated rings. The Kier molecular flexibility index (Phi) is 8.24. The second-order valence-electron chi connectivity index (χ2n) is 7.82. The van der Waals surface area contributed by atoms with E-state index in [1.165, 1.54) is 12.8 Å². The van der Waals surface area contributed by atoms with Gasteiger partial charge in [-0.15, -0.1) is 0 Å². The molecule has 3 aliphatic rings. The van der Waals surface area contributed by atoms with Gasteiger partial charge in [-0.2, -0.15) is 34.4 Å². The predicted octanol–water partition coefficient (Wildman–Crippen LogP) is 4.78. The zero-order valence-corrected chi connectivity index (χ0v) is 19.1. The number of fused-ring (bicyclic) bond motifs is 1. The Bertz CT molecular complexity index is 569. The molecule has 0 aliphatic heterocycles. The van der Waals surface area contributed by atoms with Gasteiger partial charge < -0.3 is 6.42 Å². The molecule has 1 radical (unpaired) electrons. The van der Waals surface area contributed by atoms with Gasteiger partial charge in [0.2, 0.25) is 0 Å². The Balaban J connectivity index is 0.00000243. The van der Waals surface area contributed by atoms with Gasteiger partial charge in [-0.25, -0.2) is 4.39 Å². The number of hydrogen-bond acceptors (Lipinski definition) is 3. The Labute approximate surface area is 186 Å². The molecule has 149 valence electrons. The van der Waals surface area contributed by atoms with E-state index in [0.29, 0.717) is 18.3 Å².